The van der Waals surface area contributed by atoms with E-state index in [1.54, 1.807) is 0 Å². The summed E-state index contributed by atoms with van der Waals surface area (Å²) in [4.78, 5) is 0. The quantitative estimate of drug-likeness (QED) is 0.726. The van der Waals surface area contributed by atoms with Crippen LogP contribution in [0.5, 0.6) is 0 Å². The molecule has 2 rings (SSSR count). The number of rotatable bonds is 2. The molecule has 2 unspecified atom stereocenters. The van der Waals surface area contributed by atoms with E-state index in [2.05, 4.69) is 0 Å². The molecule has 0 spiro atoms. The van der Waals surface area contributed by atoms with Crippen molar-refractivity contribution >= 4 is 0 Å². The monoisotopic (exact) mass is 199 g/mol. The second-order valence-electron chi connectivity index (χ2n) is 4.53. The first-order valence-corrected chi connectivity index (χ1v) is 5.79. The predicted octanol–water partition coefficient (Wildman–Crippen LogP) is 1.17. The molecule has 0 saturated carbocycles. The zero-order chi connectivity index (χ0) is 9.80. The lowest BCUT2D eigenvalue weighted by atomic mass is 9.83. The third-order valence-electron chi connectivity index (χ3n) is 3.48. The van der Waals surface area contributed by atoms with Gasteiger partial charge in [-0.25, -0.2) is 0 Å². The molecule has 0 aromatic heterocycles. The molecular weight excluding hydrogens is 178 g/mol. The van der Waals surface area contributed by atoms with E-state index in [-0.39, 0.29) is 6.04 Å². The largest absolute Gasteiger partial charge is 0.381 e. The molecule has 2 saturated heterocycles. The second-order valence-corrected chi connectivity index (χ2v) is 4.53. The fourth-order valence-electron chi connectivity index (χ4n) is 2.52. The maximum Gasteiger partial charge on any atom is 0.0509 e. The van der Waals surface area contributed by atoms with Gasteiger partial charge in [-0.2, -0.15) is 0 Å². The van der Waals surface area contributed by atoms with Crippen molar-refractivity contribution in [1.82, 2.24) is 0 Å². The first kappa shape index (κ1) is 10.4. The van der Waals surface area contributed by atoms with Crippen LogP contribution in [0.4, 0.5) is 0 Å². The predicted molar refractivity (Wildman–Crippen MR) is 55.1 cm³/mol. The molecule has 2 aliphatic heterocycles. The molecule has 2 aliphatic rings. The van der Waals surface area contributed by atoms with Crippen LogP contribution in [-0.4, -0.2) is 32.5 Å². The van der Waals surface area contributed by atoms with Crippen LogP contribution in [0.2, 0.25) is 0 Å². The lowest BCUT2D eigenvalue weighted by Gasteiger charge is -2.34. The molecule has 0 aromatic rings. The van der Waals surface area contributed by atoms with Gasteiger partial charge < -0.3 is 15.2 Å². The highest BCUT2D eigenvalue weighted by atomic mass is 16.5. The van der Waals surface area contributed by atoms with Crippen LogP contribution >= 0.6 is 0 Å². The minimum Gasteiger partial charge on any atom is -0.381 e. The summed E-state index contributed by atoms with van der Waals surface area (Å²) in [7, 11) is 0. The molecule has 14 heavy (non-hydrogen) atoms. The van der Waals surface area contributed by atoms with Crippen LogP contribution in [0.3, 0.4) is 0 Å². The van der Waals surface area contributed by atoms with Crippen LogP contribution in [0, 0.1) is 11.8 Å². The van der Waals surface area contributed by atoms with E-state index < -0.39 is 0 Å². The highest BCUT2D eigenvalue weighted by molar-refractivity contribution is 4.83. The van der Waals surface area contributed by atoms with Crippen LogP contribution in [-0.2, 0) is 9.47 Å². The minimum absolute atomic E-state index is 0.288. The third-order valence-corrected chi connectivity index (χ3v) is 3.48. The summed E-state index contributed by atoms with van der Waals surface area (Å²) in [5.41, 5.74) is 6.26. The van der Waals surface area contributed by atoms with Gasteiger partial charge >= 0.3 is 0 Å². The van der Waals surface area contributed by atoms with E-state index in [1.807, 2.05) is 0 Å². The van der Waals surface area contributed by atoms with Crippen LogP contribution in [0.15, 0.2) is 0 Å². The standard InChI is InChI=1S/C11H21NO2/c12-11(9-3-1-5-13-7-9)10-4-2-6-14-8-10/h9-11H,1-8,12H2. The summed E-state index contributed by atoms with van der Waals surface area (Å²) in [6.07, 6.45) is 4.81. The highest BCUT2D eigenvalue weighted by Crippen LogP contribution is 2.25. The van der Waals surface area contributed by atoms with Gasteiger partial charge in [0, 0.05) is 19.3 Å². The minimum atomic E-state index is 0.288. The Morgan fingerprint density at radius 1 is 0.929 bits per heavy atom. The van der Waals surface area contributed by atoms with Gasteiger partial charge in [0.15, 0.2) is 0 Å². The molecule has 0 amide bonds. The SMILES string of the molecule is NC(C1CCCOC1)C1CCCOC1. The zero-order valence-corrected chi connectivity index (χ0v) is 8.78. The van der Waals surface area contributed by atoms with Crippen molar-refractivity contribution in [3.8, 4) is 0 Å². The van der Waals surface area contributed by atoms with E-state index >= 15 is 0 Å². The Bertz CT molecular complexity index is 145. The Balaban J connectivity index is 1.82. The number of nitrogens with two attached hydrogens (primary N) is 1. The zero-order valence-electron chi connectivity index (χ0n) is 8.78. The van der Waals surface area contributed by atoms with E-state index in [0.717, 1.165) is 26.4 Å². The van der Waals surface area contributed by atoms with Crippen molar-refractivity contribution in [2.75, 3.05) is 26.4 Å². The highest BCUT2D eigenvalue weighted by Gasteiger charge is 2.29. The fraction of sp³-hybridized carbons (Fsp3) is 1.00. The molecule has 3 nitrogen and oxygen atoms in total. The average Bonchev–Trinajstić information content (AvgIpc) is 2.30. The summed E-state index contributed by atoms with van der Waals surface area (Å²) in [6, 6.07) is 0.288. The Hall–Kier alpha value is -0.120. The molecule has 2 atom stereocenters. The van der Waals surface area contributed by atoms with Gasteiger partial charge in [-0.15, -0.1) is 0 Å². The molecule has 2 fully saturated rings. The molecule has 2 N–H and O–H groups in total. The van der Waals surface area contributed by atoms with Gasteiger partial charge in [0.05, 0.1) is 13.2 Å². The van der Waals surface area contributed by atoms with Crippen molar-refractivity contribution in [2.45, 2.75) is 31.7 Å². The molecule has 0 aromatic carbocycles. The van der Waals surface area contributed by atoms with Crippen LogP contribution < -0.4 is 5.73 Å². The maximum absolute atomic E-state index is 6.26. The summed E-state index contributed by atoms with van der Waals surface area (Å²) < 4.78 is 10.9. The molecule has 0 aliphatic carbocycles. The van der Waals surface area contributed by atoms with E-state index in [0.29, 0.717) is 11.8 Å². The molecular formula is C11H21NO2. The lowest BCUT2D eigenvalue weighted by molar-refractivity contribution is 0.000944. The average molecular weight is 199 g/mol. The van der Waals surface area contributed by atoms with Crippen LogP contribution in [0.1, 0.15) is 25.7 Å². The van der Waals surface area contributed by atoms with Crippen molar-refractivity contribution in [3.05, 3.63) is 0 Å². The van der Waals surface area contributed by atoms with Gasteiger partial charge in [-0.1, -0.05) is 0 Å². The number of hydrogen-bond donors (Lipinski definition) is 1. The normalized spacial score (nSPS) is 36.6. The van der Waals surface area contributed by atoms with Crippen molar-refractivity contribution in [2.24, 2.45) is 17.6 Å². The van der Waals surface area contributed by atoms with Gasteiger partial charge in [0.25, 0.3) is 0 Å². The molecule has 0 bridgehead atoms. The van der Waals surface area contributed by atoms with Crippen molar-refractivity contribution in [1.29, 1.82) is 0 Å². The smallest absolute Gasteiger partial charge is 0.0509 e. The van der Waals surface area contributed by atoms with Gasteiger partial charge in [0.1, 0.15) is 0 Å². The van der Waals surface area contributed by atoms with Crippen LogP contribution in [0.25, 0.3) is 0 Å². The summed E-state index contributed by atoms with van der Waals surface area (Å²) in [5.74, 6) is 1.13. The Morgan fingerprint density at radius 3 is 1.79 bits per heavy atom. The van der Waals surface area contributed by atoms with E-state index in [9.17, 15) is 0 Å². The van der Waals surface area contributed by atoms with Crippen molar-refractivity contribution in [3.63, 3.8) is 0 Å². The molecule has 0 radical (unpaired) electrons. The lowest BCUT2D eigenvalue weighted by Crippen LogP contribution is -2.44. The Kier molecular flexibility index (Phi) is 3.79. The summed E-state index contributed by atoms with van der Waals surface area (Å²) in [6.45, 7) is 3.56. The van der Waals surface area contributed by atoms with Gasteiger partial charge in [-0.05, 0) is 37.5 Å². The number of ether oxygens (including phenoxy) is 2. The van der Waals surface area contributed by atoms with E-state index in [4.69, 9.17) is 15.2 Å². The first-order chi connectivity index (χ1) is 6.88. The third kappa shape index (κ3) is 2.47. The fourth-order valence-corrected chi connectivity index (χ4v) is 2.52. The second kappa shape index (κ2) is 5.10. The number of hydrogen-bond acceptors (Lipinski definition) is 3. The Labute approximate surface area is 85.9 Å². The molecule has 2 heterocycles. The summed E-state index contributed by atoms with van der Waals surface area (Å²) >= 11 is 0. The topological polar surface area (TPSA) is 44.5 Å². The molecule has 3 heteroatoms. The maximum atomic E-state index is 6.26. The van der Waals surface area contributed by atoms with E-state index in [1.165, 1.54) is 25.7 Å². The van der Waals surface area contributed by atoms with Crippen molar-refractivity contribution < 1.29 is 9.47 Å². The Morgan fingerprint density at radius 2 is 1.43 bits per heavy atom. The van der Waals surface area contributed by atoms with Gasteiger partial charge in [0.2, 0.25) is 0 Å². The summed E-state index contributed by atoms with van der Waals surface area (Å²) in [5, 5.41) is 0. The molecule has 82 valence electrons. The first-order valence-electron chi connectivity index (χ1n) is 5.79. The van der Waals surface area contributed by atoms with Gasteiger partial charge in [-0.3, -0.25) is 0 Å².